The van der Waals surface area contributed by atoms with E-state index in [0.29, 0.717) is 54.4 Å². The Morgan fingerprint density at radius 3 is 2.21 bits per heavy atom. The van der Waals surface area contributed by atoms with E-state index >= 15 is 0 Å². The van der Waals surface area contributed by atoms with E-state index in [2.05, 4.69) is 5.32 Å². The lowest BCUT2D eigenvalue weighted by Crippen LogP contribution is -2.32. The summed E-state index contributed by atoms with van der Waals surface area (Å²) in [6.07, 6.45) is 5.55. The lowest BCUT2D eigenvalue weighted by molar-refractivity contribution is -0.137. The highest BCUT2D eigenvalue weighted by atomic mass is 16.5. The summed E-state index contributed by atoms with van der Waals surface area (Å²) in [5.41, 5.74) is 3.23. The number of para-hydroxylation sites is 1. The molecular weight excluding hydrogens is 592 g/mol. The van der Waals surface area contributed by atoms with Gasteiger partial charge in [-0.15, -0.1) is 0 Å². The molecule has 8 nitrogen and oxygen atoms in total. The first-order valence-corrected chi connectivity index (χ1v) is 15.4. The molecule has 1 unspecified atom stereocenters. The zero-order chi connectivity index (χ0) is 32.8. The lowest BCUT2D eigenvalue weighted by Gasteiger charge is -2.21. The molecule has 1 heterocycles. The molecule has 0 radical (unpaired) electrons. The van der Waals surface area contributed by atoms with Crippen molar-refractivity contribution in [1.29, 1.82) is 0 Å². The quantitative estimate of drug-likeness (QED) is 0.0680. The Bertz CT molecular complexity index is 1770. The molecule has 5 rings (SSSR count). The molecule has 0 aliphatic heterocycles. The number of furan rings is 1. The van der Waals surface area contributed by atoms with Gasteiger partial charge in [-0.2, -0.15) is 0 Å². The zero-order valence-electron chi connectivity index (χ0n) is 25.8. The van der Waals surface area contributed by atoms with E-state index < -0.39 is 12.0 Å². The van der Waals surface area contributed by atoms with Crippen LogP contribution in [-0.2, 0) is 22.6 Å². The molecule has 0 saturated heterocycles. The number of carboxylic acid groups (broad SMARTS) is 1. The number of carbonyl (C=O) groups is 3. The van der Waals surface area contributed by atoms with Crippen LogP contribution in [0.3, 0.4) is 0 Å². The number of ether oxygens (including phenoxy) is 1. The minimum atomic E-state index is -1.03. The predicted octanol–water partition coefficient (Wildman–Crippen LogP) is 7.13. The summed E-state index contributed by atoms with van der Waals surface area (Å²) >= 11 is 0. The van der Waals surface area contributed by atoms with Crippen LogP contribution < -0.4 is 10.1 Å². The highest BCUT2D eigenvalue weighted by molar-refractivity contribution is 6.12. The van der Waals surface area contributed by atoms with Gasteiger partial charge in [0, 0.05) is 42.4 Å². The summed E-state index contributed by atoms with van der Waals surface area (Å²) in [4.78, 5) is 40.1. The highest BCUT2D eigenvalue weighted by Crippen LogP contribution is 2.22. The van der Waals surface area contributed by atoms with E-state index in [-0.39, 0.29) is 18.1 Å². The van der Waals surface area contributed by atoms with Crippen LogP contribution in [0.25, 0.3) is 6.08 Å². The first-order valence-electron chi connectivity index (χ1n) is 15.4. The monoisotopic (exact) mass is 628 g/mol. The molecule has 47 heavy (non-hydrogen) atoms. The molecule has 5 aromatic rings. The Hall–Kier alpha value is -5.89. The maximum absolute atomic E-state index is 13.1. The maximum Gasteiger partial charge on any atom is 0.326 e. The number of ketones is 1. The Morgan fingerprint density at radius 2 is 1.51 bits per heavy atom. The van der Waals surface area contributed by atoms with Crippen molar-refractivity contribution in [3.8, 4) is 5.75 Å². The lowest BCUT2D eigenvalue weighted by atomic mass is 10.00. The van der Waals surface area contributed by atoms with Crippen LogP contribution >= 0.6 is 0 Å². The van der Waals surface area contributed by atoms with Crippen molar-refractivity contribution < 1.29 is 28.6 Å². The average Bonchev–Trinajstić information content (AvgIpc) is 3.63. The van der Waals surface area contributed by atoms with Crippen LogP contribution in [0.2, 0.25) is 0 Å². The van der Waals surface area contributed by atoms with Crippen molar-refractivity contribution in [2.24, 2.45) is 0 Å². The molecule has 4 aromatic carbocycles. The molecule has 0 saturated carbocycles. The summed E-state index contributed by atoms with van der Waals surface area (Å²) in [5.74, 6) is -0.0781. The number of hydrogen-bond acceptors (Lipinski definition) is 6. The van der Waals surface area contributed by atoms with Crippen LogP contribution in [0, 0.1) is 0 Å². The molecule has 238 valence electrons. The summed E-state index contributed by atoms with van der Waals surface area (Å²) in [7, 11) is 0. The van der Waals surface area contributed by atoms with E-state index in [4.69, 9.17) is 9.15 Å². The van der Waals surface area contributed by atoms with Gasteiger partial charge in [0.2, 0.25) is 5.91 Å². The van der Waals surface area contributed by atoms with Crippen molar-refractivity contribution in [2.45, 2.75) is 25.4 Å². The molecule has 0 fully saturated rings. The summed E-state index contributed by atoms with van der Waals surface area (Å²) in [6.45, 7) is 1.36. The van der Waals surface area contributed by atoms with E-state index in [1.165, 1.54) is 6.08 Å². The first-order chi connectivity index (χ1) is 23.0. The average molecular weight is 629 g/mol. The largest absolute Gasteiger partial charge is 0.494 e. The Labute approximate surface area is 273 Å². The number of amides is 1. The number of nitrogens with zero attached hydrogens (tertiary/aromatic N) is 1. The van der Waals surface area contributed by atoms with Crippen molar-refractivity contribution in [3.63, 3.8) is 0 Å². The van der Waals surface area contributed by atoms with Crippen molar-refractivity contribution in [1.82, 2.24) is 4.90 Å². The Balaban J connectivity index is 1.15. The topological polar surface area (TPSA) is 109 Å². The standard InChI is InChI=1S/C39H36N2O6/c42-37(23-22-32-15-9-25-46-32)41(28-30-11-3-1-4-12-30)24-10-26-47-33-20-18-29(19-21-33)27-36(39(44)45)40-35-17-8-7-16-34(35)38(43)31-13-5-2-6-14-31/h1-9,11-23,25,36,40H,10,24,26-28H2,(H,44,45). The molecule has 1 aromatic heterocycles. The maximum atomic E-state index is 13.1. The number of nitrogens with one attached hydrogen (secondary N) is 1. The molecule has 0 aliphatic rings. The van der Waals surface area contributed by atoms with Gasteiger partial charge in [0.1, 0.15) is 17.6 Å². The van der Waals surface area contributed by atoms with Gasteiger partial charge in [-0.3, -0.25) is 9.59 Å². The second-order valence-corrected chi connectivity index (χ2v) is 10.9. The number of carboxylic acids is 1. The number of carbonyl (C=O) groups excluding carboxylic acids is 2. The smallest absolute Gasteiger partial charge is 0.326 e. The molecule has 1 amide bonds. The molecule has 0 bridgehead atoms. The van der Waals surface area contributed by atoms with Crippen molar-refractivity contribution in [2.75, 3.05) is 18.5 Å². The van der Waals surface area contributed by atoms with Crippen LogP contribution in [0.4, 0.5) is 5.69 Å². The third kappa shape index (κ3) is 9.55. The van der Waals surface area contributed by atoms with Crippen LogP contribution in [0.1, 0.15) is 39.2 Å². The number of anilines is 1. The SMILES string of the molecule is O=C(c1ccccc1)c1ccccc1NC(Cc1ccc(OCCCN(Cc2ccccc2)C(=O)C=Cc2ccco2)cc1)C(=O)O. The van der Waals surface area contributed by atoms with Crippen LogP contribution in [0.5, 0.6) is 5.75 Å². The number of aliphatic carboxylic acids is 1. The van der Waals surface area contributed by atoms with Gasteiger partial charge in [0.15, 0.2) is 5.78 Å². The van der Waals surface area contributed by atoms with Crippen molar-refractivity contribution >= 4 is 29.4 Å². The Kier molecular flexibility index (Phi) is 11.4. The van der Waals surface area contributed by atoms with Gasteiger partial charge in [-0.1, -0.05) is 84.9 Å². The number of rotatable bonds is 16. The second kappa shape index (κ2) is 16.4. The molecule has 0 aliphatic carbocycles. The third-order valence-electron chi connectivity index (χ3n) is 7.50. The van der Waals surface area contributed by atoms with Gasteiger partial charge in [-0.25, -0.2) is 4.79 Å². The molecular formula is C39H36N2O6. The summed E-state index contributed by atoms with van der Waals surface area (Å²) in [5, 5.41) is 13.1. The highest BCUT2D eigenvalue weighted by Gasteiger charge is 2.21. The second-order valence-electron chi connectivity index (χ2n) is 10.9. The molecule has 0 spiro atoms. The summed E-state index contributed by atoms with van der Waals surface area (Å²) in [6, 6.07) is 35.5. The zero-order valence-corrected chi connectivity index (χ0v) is 25.8. The van der Waals surface area contributed by atoms with E-state index in [9.17, 15) is 19.5 Å². The third-order valence-corrected chi connectivity index (χ3v) is 7.50. The van der Waals surface area contributed by atoms with Crippen LogP contribution in [0.15, 0.2) is 138 Å². The minimum Gasteiger partial charge on any atom is -0.494 e. The van der Waals surface area contributed by atoms with Crippen molar-refractivity contribution in [3.05, 3.63) is 162 Å². The first kappa shape index (κ1) is 32.5. The van der Waals surface area contributed by atoms with Gasteiger partial charge < -0.3 is 24.5 Å². The predicted molar refractivity (Wildman–Crippen MR) is 181 cm³/mol. The molecule has 1 atom stereocenters. The fourth-order valence-corrected chi connectivity index (χ4v) is 5.06. The van der Waals surface area contributed by atoms with Gasteiger partial charge in [-0.05, 0) is 60.0 Å². The number of hydrogen-bond donors (Lipinski definition) is 2. The van der Waals surface area contributed by atoms with E-state index in [1.807, 2.05) is 48.5 Å². The molecule has 2 N–H and O–H groups in total. The fraction of sp³-hybridized carbons (Fsp3) is 0.154. The van der Waals surface area contributed by atoms with E-state index in [0.717, 1.165) is 11.1 Å². The van der Waals surface area contributed by atoms with E-state index in [1.54, 1.807) is 90.0 Å². The Morgan fingerprint density at radius 1 is 0.809 bits per heavy atom. The molecule has 8 heteroatoms. The van der Waals surface area contributed by atoms with Gasteiger partial charge in [0.25, 0.3) is 0 Å². The fourth-order valence-electron chi connectivity index (χ4n) is 5.06. The van der Waals surface area contributed by atoms with Gasteiger partial charge in [0.05, 0.1) is 12.9 Å². The van der Waals surface area contributed by atoms with Crippen LogP contribution in [-0.4, -0.2) is 46.9 Å². The van der Waals surface area contributed by atoms with Gasteiger partial charge >= 0.3 is 5.97 Å². The normalized spacial score (nSPS) is 11.6. The summed E-state index contributed by atoms with van der Waals surface area (Å²) < 4.78 is 11.3. The number of benzene rings is 4. The minimum absolute atomic E-state index is 0.122.